The van der Waals surface area contributed by atoms with Crippen LogP contribution in [0.3, 0.4) is 0 Å². The summed E-state index contributed by atoms with van der Waals surface area (Å²) in [5, 5.41) is 11.3. The highest BCUT2D eigenvalue weighted by Gasteiger charge is 2.12. The number of anilines is 2. The third-order valence-electron chi connectivity index (χ3n) is 4.88. The van der Waals surface area contributed by atoms with Crippen molar-refractivity contribution in [3.8, 4) is 11.5 Å². The van der Waals surface area contributed by atoms with E-state index in [0.717, 1.165) is 24.3 Å². The molecular formula is C22H24N4O2S. The van der Waals surface area contributed by atoms with E-state index < -0.39 is 0 Å². The van der Waals surface area contributed by atoms with E-state index in [-0.39, 0.29) is 11.7 Å². The van der Waals surface area contributed by atoms with Gasteiger partial charge in [0.15, 0.2) is 0 Å². The third-order valence-corrected chi connectivity index (χ3v) is 5.69. The van der Waals surface area contributed by atoms with Gasteiger partial charge in [-0.3, -0.25) is 4.79 Å². The SMILES string of the molecule is O=C(CSc1nnc(-c2ccccc2)o1)Nc1ccc(N2CCCCCC2)cc1. The molecule has 1 aliphatic rings. The van der Waals surface area contributed by atoms with E-state index in [1.807, 2.05) is 42.5 Å². The first kappa shape index (κ1) is 19.5. The molecule has 1 aromatic heterocycles. The number of nitrogens with one attached hydrogen (secondary N) is 1. The minimum atomic E-state index is -0.100. The van der Waals surface area contributed by atoms with Gasteiger partial charge in [-0.05, 0) is 49.2 Å². The van der Waals surface area contributed by atoms with Crippen LogP contribution in [0.15, 0.2) is 64.2 Å². The first-order chi connectivity index (χ1) is 14.3. The van der Waals surface area contributed by atoms with Crippen molar-refractivity contribution < 1.29 is 9.21 Å². The minimum Gasteiger partial charge on any atom is -0.411 e. The van der Waals surface area contributed by atoms with Crippen LogP contribution in [0.4, 0.5) is 11.4 Å². The molecule has 2 aromatic carbocycles. The van der Waals surface area contributed by atoms with Gasteiger partial charge < -0.3 is 14.6 Å². The molecule has 0 saturated carbocycles. The molecule has 7 heteroatoms. The lowest BCUT2D eigenvalue weighted by atomic mass is 10.2. The third kappa shape index (κ3) is 5.38. The number of rotatable bonds is 6. The Bertz CT molecular complexity index is 920. The molecule has 0 radical (unpaired) electrons. The maximum atomic E-state index is 12.3. The van der Waals surface area contributed by atoms with Gasteiger partial charge in [-0.25, -0.2) is 0 Å². The van der Waals surface area contributed by atoms with Crippen LogP contribution in [0.5, 0.6) is 0 Å². The van der Waals surface area contributed by atoms with Crippen molar-refractivity contribution in [1.29, 1.82) is 0 Å². The molecule has 2 heterocycles. The summed E-state index contributed by atoms with van der Waals surface area (Å²) in [7, 11) is 0. The fourth-order valence-corrected chi connectivity index (χ4v) is 3.94. The number of thioether (sulfide) groups is 1. The zero-order chi connectivity index (χ0) is 19.9. The summed E-state index contributed by atoms with van der Waals surface area (Å²) >= 11 is 1.23. The summed E-state index contributed by atoms with van der Waals surface area (Å²) in [6.45, 7) is 2.22. The first-order valence-electron chi connectivity index (χ1n) is 9.94. The summed E-state index contributed by atoms with van der Waals surface area (Å²) in [5.41, 5.74) is 2.88. The van der Waals surface area contributed by atoms with E-state index in [2.05, 4.69) is 32.5 Å². The Balaban J connectivity index is 1.28. The van der Waals surface area contributed by atoms with E-state index in [1.165, 1.54) is 43.1 Å². The van der Waals surface area contributed by atoms with Crippen LogP contribution >= 0.6 is 11.8 Å². The molecule has 0 unspecified atom stereocenters. The van der Waals surface area contributed by atoms with Gasteiger partial charge in [0.25, 0.3) is 5.22 Å². The molecule has 1 fully saturated rings. The lowest BCUT2D eigenvalue weighted by Gasteiger charge is -2.22. The van der Waals surface area contributed by atoms with Crippen LogP contribution in [-0.4, -0.2) is 34.9 Å². The molecule has 1 aliphatic heterocycles. The number of amides is 1. The van der Waals surface area contributed by atoms with Crippen molar-refractivity contribution in [2.45, 2.75) is 30.9 Å². The van der Waals surface area contributed by atoms with Crippen molar-refractivity contribution >= 4 is 29.0 Å². The fraction of sp³-hybridized carbons (Fsp3) is 0.318. The molecule has 4 rings (SSSR count). The topological polar surface area (TPSA) is 71.3 Å². The number of carbonyl (C=O) groups excluding carboxylic acids is 1. The zero-order valence-corrected chi connectivity index (χ0v) is 17.0. The quantitative estimate of drug-likeness (QED) is 0.588. The summed E-state index contributed by atoms with van der Waals surface area (Å²) < 4.78 is 5.62. The summed E-state index contributed by atoms with van der Waals surface area (Å²) in [6.07, 6.45) is 5.12. The van der Waals surface area contributed by atoms with Gasteiger partial charge in [0.05, 0.1) is 5.75 Å². The molecule has 1 amide bonds. The van der Waals surface area contributed by atoms with Gasteiger partial charge in [-0.2, -0.15) is 0 Å². The van der Waals surface area contributed by atoms with Crippen molar-refractivity contribution in [2.24, 2.45) is 0 Å². The second kappa shape index (κ2) is 9.60. The van der Waals surface area contributed by atoms with E-state index in [9.17, 15) is 4.79 Å². The van der Waals surface area contributed by atoms with Crippen molar-refractivity contribution in [2.75, 3.05) is 29.1 Å². The number of hydrogen-bond donors (Lipinski definition) is 1. The summed E-state index contributed by atoms with van der Waals surface area (Å²) in [5.74, 6) is 0.569. The molecule has 1 saturated heterocycles. The minimum absolute atomic E-state index is 0.100. The highest BCUT2D eigenvalue weighted by atomic mass is 32.2. The smallest absolute Gasteiger partial charge is 0.277 e. The predicted molar refractivity (Wildman–Crippen MR) is 116 cm³/mol. The number of benzene rings is 2. The highest BCUT2D eigenvalue weighted by Crippen LogP contribution is 2.24. The predicted octanol–water partition coefficient (Wildman–Crippen LogP) is 4.85. The average Bonchev–Trinajstić information content (AvgIpc) is 3.07. The highest BCUT2D eigenvalue weighted by molar-refractivity contribution is 7.99. The van der Waals surface area contributed by atoms with Gasteiger partial charge in [-0.1, -0.05) is 42.8 Å². The number of nitrogens with zero attached hydrogens (tertiary/aromatic N) is 3. The van der Waals surface area contributed by atoms with E-state index in [1.54, 1.807) is 0 Å². The molecule has 0 atom stereocenters. The van der Waals surface area contributed by atoms with Gasteiger partial charge in [-0.15, -0.1) is 10.2 Å². The largest absolute Gasteiger partial charge is 0.411 e. The first-order valence-corrected chi connectivity index (χ1v) is 10.9. The van der Waals surface area contributed by atoms with E-state index in [0.29, 0.717) is 11.1 Å². The van der Waals surface area contributed by atoms with Crippen LogP contribution in [0.1, 0.15) is 25.7 Å². The fourth-order valence-electron chi connectivity index (χ4n) is 3.37. The Hall–Kier alpha value is -2.80. The molecule has 0 bridgehead atoms. The molecule has 29 heavy (non-hydrogen) atoms. The number of aromatic nitrogens is 2. The maximum Gasteiger partial charge on any atom is 0.277 e. The second-order valence-electron chi connectivity index (χ2n) is 7.02. The monoisotopic (exact) mass is 408 g/mol. The molecule has 0 spiro atoms. The second-order valence-corrected chi connectivity index (χ2v) is 7.95. The summed E-state index contributed by atoms with van der Waals surface area (Å²) in [4.78, 5) is 14.7. The molecule has 1 N–H and O–H groups in total. The Morgan fingerprint density at radius 3 is 2.41 bits per heavy atom. The molecule has 3 aromatic rings. The van der Waals surface area contributed by atoms with E-state index >= 15 is 0 Å². The Morgan fingerprint density at radius 2 is 1.69 bits per heavy atom. The standard InChI is InChI=1S/C22H24N4O2S/c27-20(16-29-22-25-24-21(28-22)17-8-4-3-5-9-17)23-18-10-12-19(13-11-18)26-14-6-1-2-7-15-26/h3-5,8-13H,1-2,6-7,14-16H2,(H,23,27). The van der Waals surface area contributed by atoms with Gasteiger partial charge >= 0.3 is 0 Å². The van der Waals surface area contributed by atoms with Gasteiger partial charge in [0, 0.05) is 30.0 Å². The zero-order valence-electron chi connectivity index (χ0n) is 16.2. The van der Waals surface area contributed by atoms with Crippen LogP contribution in [0, 0.1) is 0 Å². The number of hydrogen-bond acceptors (Lipinski definition) is 6. The Kier molecular flexibility index (Phi) is 6.46. The molecule has 6 nitrogen and oxygen atoms in total. The molecule has 150 valence electrons. The lowest BCUT2D eigenvalue weighted by molar-refractivity contribution is -0.113. The average molecular weight is 409 g/mol. The lowest BCUT2D eigenvalue weighted by Crippen LogP contribution is -2.23. The van der Waals surface area contributed by atoms with Crippen LogP contribution in [0.2, 0.25) is 0 Å². The summed E-state index contributed by atoms with van der Waals surface area (Å²) in [6, 6.07) is 17.7. The maximum absolute atomic E-state index is 12.3. The van der Waals surface area contributed by atoms with Crippen molar-refractivity contribution in [1.82, 2.24) is 10.2 Å². The van der Waals surface area contributed by atoms with E-state index in [4.69, 9.17) is 4.42 Å². The Morgan fingerprint density at radius 1 is 0.966 bits per heavy atom. The van der Waals surface area contributed by atoms with Crippen molar-refractivity contribution in [3.05, 3.63) is 54.6 Å². The van der Waals surface area contributed by atoms with Crippen LogP contribution in [0.25, 0.3) is 11.5 Å². The van der Waals surface area contributed by atoms with Crippen LogP contribution in [-0.2, 0) is 4.79 Å². The van der Waals surface area contributed by atoms with Gasteiger partial charge in [0.1, 0.15) is 0 Å². The number of carbonyl (C=O) groups is 1. The molecular weight excluding hydrogens is 384 g/mol. The molecule has 0 aliphatic carbocycles. The Labute approximate surface area is 174 Å². The normalized spacial score (nSPS) is 14.4. The van der Waals surface area contributed by atoms with Crippen LogP contribution < -0.4 is 10.2 Å². The van der Waals surface area contributed by atoms with Gasteiger partial charge in [0.2, 0.25) is 11.8 Å². The van der Waals surface area contributed by atoms with Crippen molar-refractivity contribution in [3.63, 3.8) is 0 Å².